The highest BCUT2D eigenvalue weighted by molar-refractivity contribution is 5.72. The monoisotopic (exact) mass is 200 g/mol. The normalized spacial score (nSPS) is 24.1. The highest BCUT2D eigenvalue weighted by Crippen LogP contribution is 2.21. The molecule has 3 nitrogen and oxygen atoms in total. The highest BCUT2D eigenvalue weighted by atomic mass is 16.6. The van der Waals surface area contributed by atoms with Crippen molar-refractivity contribution in [3.05, 3.63) is 0 Å². The van der Waals surface area contributed by atoms with Crippen molar-refractivity contribution < 1.29 is 14.3 Å². The number of carbonyl (C=O) groups excluding carboxylic acids is 1. The predicted octanol–water partition coefficient (Wildman–Crippen LogP) is 2.00. The second kappa shape index (κ2) is 5.35. The molecule has 1 rings (SSSR count). The molecule has 0 aromatic rings. The lowest BCUT2D eigenvalue weighted by Crippen LogP contribution is -2.24. The molecular formula is C11H20O3. The van der Waals surface area contributed by atoms with Gasteiger partial charge in [-0.05, 0) is 12.3 Å². The van der Waals surface area contributed by atoms with Gasteiger partial charge in [-0.2, -0.15) is 0 Å². The molecular weight excluding hydrogens is 180 g/mol. The molecule has 1 heterocycles. The van der Waals surface area contributed by atoms with Crippen molar-refractivity contribution in [2.45, 2.75) is 39.7 Å². The van der Waals surface area contributed by atoms with Crippen molar-refractivity contribution in [3.63, 3.8) is 0 Å². The van der Waals surface area contributed by atoms with Crippen LogP contribution in [0.5, 0.6) is 0 Å². The Morgan fingerprint density at radius 2 is 2.14 bits per heavy atom. The van der Waals surface area contributed by atoms with Crippen LogP contribution in [0.4, 0.5) is 0 Å². The molecule has 0 aromatic carbocycles. The van der Waals surface area contributed by atoms with Crippen molar-refractivity contribution >= 4 is 5.97 Å². The summed E-state index contributed by atoms with van der Waals surface area (Å²) in [6, 6.07) is 0. The fourth-order valence-corrected chi connectivity index (χ4v) is 1.53. The van der Waals surface area contributed by atoms with Crippen LogP contribution in [0.3, 0.4) is 0 Å². The molecule has 0 aliphatic carbocycles. The summed E-state index contributed by atoms with van der Waals surface area (Å²) in [7, 11) is 0. The van der Waals surface area contributed by atoms with Crippen LogP contribution >= 0.6 is 0 Å². The average Bonchev–Trinajstić information content (AvgIpc) is 2.99. The van der Waals surface area contributed by atoms with Crippen molar-refractivity contribution in [1.29, 1.82) is 0 Å². The maximum atomic E-state index is 11.6. The van der Waals surface area contributed by atoms with E-state index in [4.69, 9.17) is 9.47 Å². The topological polar surface area (TPSA) is 38.8 Å². The highest BCUT2D eigenvalue weighted by Gasteiger charge is 2.28. The number of hydrogen-bond donors (Lipinski definition) is 0. The Hall–Kier alpha value is -0.570. The van der Waals surface area contributed by atoms with Gasteiger partial charge < -0.3 is 9.47 Å². The van der Waals surface area contributed by atoms with Crippen LogP contribution in [-0.4, -0.2) is 25.3 Å². The molecule has 0 radical (unpaired) electrons. The molecule has 0 bridgehead atoms. The lowest BCUT2D eigenvalue weighted by Gasteiger charge is -2.19. The van der Waals surface area contributed by atoms with E-state index in [1.807, 2.05) is 6.92 Å². The van der Waals surface area contributed by atoms with Gasteiger partial charge in [-0.1, -0.05) is 27.2 Å². The van der Waals surface area contributed by atoms with E-state index in [-0.39, 0.29) is 18.0 Å². The molecule has 0 amide bonds. The van der Waals surface area contributed by atoms with Gasteiger partial charge in [0.05, 0.1) is 12.5 Å². The third-order valence-electron chi connectivity index (χ3n) is 2.89. The van der Waals surface area contributed by atoms with Crippen LogP contribution in [0.15, 0.2) is 0 Å². The van der Waals surface area contributed by atoms with Crippen molar-refractivity contribution in [2.75, 3.05) is 13.2 Å². The van der Waals surface area contributed by atoms with Gasteiger partial charge in [0, 0.05) is 0 Å². The minimum Gasteiger partial charge on any atom is -0.463 e. The number of hydrogen-bond acceptors (Lipinski definition) is 3. The van der Waals surface area contributed by atoms with Gasteiger partial charge in [-0.15, -0.1) is 0 Å². The predicted molar refractivity (Wildman–Crippen MR) is 53.9 cm³/mol. The molecule has 1 aliphatic rings. The van der Waals surface area contributed by atoms with Crippen molar-refractivity contribution in [1.82, 2.24) is 0 Å². The fraction of sp³-hybridized carbons (Fsp3) is 0.909. The van der Waals surface area contributed by atoms with Gasteiger partial charge in [-0.3, -0.25) is 4.79 Å². The smallest absolute Gasteiger partial charge is 0.309 e. The van der Waals surface area contributed by atoms with Gasteiger partial charge >= 0.3 is 5.97 Å². The Morgan fingerprint density at radius 1 is 1.50 bits per heavy atom. The van der Waals surface area contributed by atoms with E-state index in [0.717, 1.165) is 19.4 Å². The van der Waals surface area contributed by atoms with Gasteiger partial charge in [-0.25, -0.2) is 0 Å². The molecule has 0 aromatic heterocycles. The minimum atomic E-state index is -0.0580. The molecule has 1 fully saturated rings. The summed E-state index contributed by atoms with van der Waals surface area (Å²) in [5.74, 6) is 0.406. The molecule has 1 saturated heterocycles. The summed E-state index contributed by atoms with van der Waals surface area (Å²) >= 11 is 0. The first kappa shape index (κ1) is 11.5. The Labute approximate surface area is 85.8 Å². The SMILES string of the molecule is CCC(C)C(CC)C(=O)OCC1CO1. The Kier molecular flexibility index (Phi) is 4.39. The Balaban J connectivity index is 2.29. The quantitative estimate of drug-likeness (QED) is 0.486. The van der Waals surface area contributed by atoms with E-state index in [9.17, 15) is 4.79 Å². The van der Waals surface area contributed by atoms with E-state index in [2.05, 4.69) is 13.8 Å². The standard InChI is InChI=1S/C11H20O3/c1-4-8(3)10(5-2)11(12)14-7-9-6-13-9/h8-10H,4-7H2,1-3H3. The van der Waals surface area contributed by atoms with Gasteiger partial charge in [0.25, 0.3) is 0 Å². The van der Waals surface area contributed by atoms with Crippen LogP contribution in [0, 0.1) is 11.8 Å². The second-order valence-corrected chi connectivity index (χ2v) is 3.99. The van der Waals surface area contributed by atoms with Crippen LogP contribution in [-0.2, 0) is 14.3 Å². The third kappa shape index (κ3) is 3.29. The van der Waals surface area contributed by atoms with Crippen LogP contribution in [0.25, 0.3) is 0 Å². The molecule has 0 spiro atoms. The summed E-state index contributed by atoms with van der Waals surface area (Å²) in [6.07, 6.45) is 2.06. The second-order valence-electron chi connectivity index (χ2n) is 3.99. The van der Waals surface area contributed by atoms with E-state index in [0.29, 0.717) is 12.5 Å². The Morgan fingerprint density at radius 3 is 2.57 bits per heavy atom. The maximum absolute atomic E-state index is 11.6. The molecule has 3 heteroatoms. The zero-order chi connectivity index (χ0) is 10.6. The van der Waals surface area contributed by atoms with Gasteiger partial charge in [0.15, 0.2) is 0 Å². The molecule has 82 valence electrons. The van der Waals surface area contributed by atoms with Crippen molar-refractivity contribution in [3.8, 4) is 0 Å². The third-order valence-corrected chi connectivity index (χ3v) is 2.89. The van der Waals surface area contributed by atoms with Crippen LogP contribution in [0.1, 0.15) is 33.6 Å². The molecule has 0 N–H and O–H groups in total. The van der Waals surface area contributed by atoms with Crippen LogP contribution < -0.4 is 0 Å². The number of rotatable bonds is 6. The summed E-state index contributed by atoms with van der Waals surface area (Å²) < 4.78 is 10.2. The van der Waals surface area contributed by atoms with E-state index in [1.165, 1.54) is 0 Å². The van der Waals surface area contributed by atoms with E-state index >= 15 is 0 Å². The zero-order valence-electron chi connectivity index (χ0n) is 9.29. The molecule has 1 aliphatic heterocycles. The lowest BCUT2D eigenvalue weighted by atomic mass is 9.90. The van der Waals surface area contributed by atoms with Crippen molar-refractivity contribution in [2.24, 2.45) is 11.8 Å². The summed E-state index contributed by atoms with van der Waals surface area (Å²) in [5.41, 5.74) is 0. The molecule has 3 unspecified atom stereocenters. The largest absolute Gasteiger partial charge is 0.463 e. The maximum Gasteiger partial charge on any atom is 0.309 e. The number of carbonyl (C=O) groups is 1. The number of esters is 1. The van der Waals surface area contributed by atoms with Crippen LogP contribution in [0.2, 0.25) is 0 Å². The fourth-order valence-electron chi connectivity index (χ4n) is 1.53. The first-order valence-electron chi connectivity index (χ1n) is 5.47. The summed E-state index contributed by atoms with van der Waals surface area (Å²) in [6.45, 7) is 7.42. The molecule has 14 heavy (non-hydrogen) atoms. The summed E-state index contributed by atoms with van der Waals surface area (Å²) in [5, 5.41) is 0. The zero-order valence-corrected chi connectivity index (χ0v) is 9.29. The molecule has 0 saturated carbocycles. The van der Waals surface area contributed by atoms with Gasteiger partial charge in [0.1, 0.15) is 12.7 Å². The molecule has 3 atom stereocenters. The average molecular weight is 200 g/mol. The van der Waals surface area contributed by atoms with E-state index in [1.54, 1.807) is 0 Å². The first-order valence-corrected chi connectivity index (χ1v) is 5.47. The Bertz CT molecular complexity index is 187. The minimum absolute atomic E-state index is 0.0544. The van der Waals surface area contributed by atoms with E-state index < -0.39 is 0 Å². The lowest BCUT2D eigenvalue weighted by molar-refractivity contribution is -0.151. The van der Waals surface area contributed by atoms with Gasteiger partial charge in [0.2, 0.25) is 0 Å². The number of ether oxygens (including phenoxy) is 2. The number of epoxide rings is 1. The first-order chi connectivity index (χ1) is 6.69. The summed E-state index contributed by atoms with van der Waals surface area (Å²) in [4.78, 5) is 11.6.